The van der Waals surface area contributed by atoms with E-state index in [1.165, 1.54) is 12.8 Å². The monoisotopic (exact) mass is 354 g/mol. The Bertz CT molecular complexity index is 779. The summed E-state index contributed by atoms with van der Waals surface area (Å²) in [6.07, 6.45) is 5.67. The molecule has 2 heterocycles. The molecule has 130 valence electrons. The van der Waals surface area contributed by atoms with Crippen LogP contribution >= 0.6 is 11.3 Å². The van der Waals surface area contributed by atoms with Crippen molar-refractivity contribution in [3.8, 4) is 0 Å². The van der Waals surface area contributed by atoms with Crippen LogP contribution in [0.5, 0.6) is 0 Å². The van der Waals surface area contributed by atoms with E-state index in [9.17, 15) is 9.59 Å². The second-order valence-corrected chi connectivity index (χ2v) is 7.90. The van der Waals surface area contributed by atoms with E-state index in [1.54, 1.807) is 11.3 Å². The summed E-state index contributed by atoms with van der Waals surface area (Å²) in [5.74, 6) is 0.487. The molecule has 0 saturated heterocycles. The van der Waals surface area contributed by atoms with Gasteiger partial charge in [-0.2, -0.15) is 0 Å². The van der Waals surface area contributed by atoms with Gasteiger partial charge in [0.1, 0.15) is 0 Å². The van der Waals surface area contributed by atoms with Crippen LogP contribution < -0.4 is 10.2 Å². The van der Waals surface area contributed by atoms with Gasteiger partial charge in [0, 0.05) is 28.7 Å². The van der Waals surface area contributed by atoms with Gasteiger partial charge in [0.15, 0.2) is 0 Å². The van der Waals surface area contributed by atoms with E-state index in [2.05, 4.69) is 5.32 Å². The molecule has 0 radical (unpaired) electrons. The maximum absolute atomic E-state index is 12.7. The van der Waals surface area contributed by atoms with Crippen molar-refractivity contribution in [3.63, 3.8) is 0 Å². The molecule has 0 atom stereocenters. The first kappa shape index (κ1) is 16.3. The Morgan fingerprint density at radius 2 is 2.04 bits per heavy atom. The Hall–Kier alpha value is -2.14. The van der Waals surface area contributed by atoms with Crippen LogP contribution in [0.4, 0.5) is 11.4 Å². The fraction of sp³-hybridized carbons (Fsp3) is 0.400. The second-order valence-electron chi connectivity index (χ2n) is 6.87. The first-order chi connectivity index (χ1) is 12.2. The van der Waals surface area contributed by atoms with Crippen molar-refractivity contribution in [1.29, 1.82) is 0 Å². The van der Waals surface area contributed by atoms with Crippen molar-refractivity contribution in [3.05, 3.63) is 46.2 Å². The third-order valence-electron chi connectivity index (χ3n) is 5.14. The fourth-order valence-corrected chi connectivity index (χ4v) is 4.58. The number of nitrogens with one attached hydrogen (secondary N) is 1. The summed E-state index contributed by atoms with van der Waals surface area (Å²) in [6, 6.07) is 9.84. The summed E-state index contributed by atoms with van der Waals surface area (Å²) >= 11 is 1.59. The zero-order valence-electron chi connectivity index (χ0n) is 14.2. The minimum atomic E-state index is -0.000662. The number of fused-ring (bicyclic) bond motifs is 1. The topological polar surface area (TPSA) is 49.4 Å². The number of carbonyl (C=O) groups excluding carboxylic acids is 2. The van der Waals surface area contributed by atoms with Gasteiger partial charge in [0.05, 0.1) is 6.42 Å². The van der Waals surface area contributed by atoms with Gasteiger partial charge in [-0.3, -0.25) is 9.59 Å². The molecular weight excluding hydrogens is 332 g/mol. The average molecular weight is 354 g/mol. The van der Waals surface area contributed by atoms with Gasteiger partial charge in [0.25, 0.3) is 0 Å². The SMILES string of the molecule is O=C(Cc1cccs1)Nc1ccc2c(c1)CCN2C(=O)C1CCCC1. The van der Waals surface area contributed by atoms with Crippen LogP contribution in [0.2, 0.25) is 0 Å². The zero-order chi connectivity index (χ0) is 17.2. The van der Waals surface area contributed by atoms with Crippen LogP contribution in [0.3, 0.4) is 0 Å². The van der Waals surface area contributed by atoms with E-state index in [1.807, 2.05) is 40.6 Å². The molecule has 1 saturated carbocycles. The molecule has 0 unspecified atom stereocenters. The Balaban J connectivity index is 1.44. The number of thiophene rings is 1. The lowest BCUT2D eigenvalue weighted by molar-refractivity contribution is -0.122. The van der Waals surface area contributed by atoms with Gasteiger partial charge in [-0.15, -0.1) is 11.3 Å². The van der Waals surface area contributed by atoms with Crippen LogP contribution in [-0.2, 0) is 22.4 Å². The van der Waals surface area contributed by atoms with E-state index in [-0.39, 0.29) is 17.7 Å². The highest BCUT2D eigenvalue weighted by molar-refractivity contribution is 7.10. The van der Waals surface area contributed by atoms with Gasteiger partial charge in [-0.25, -0.2) is 0 Å². The lowest BCUT2D eigenvalue weighted by Gasteiger charge is -2.21. The smallest absolute Gasteiger partial charge is 0.230 e. The first-order valence-electron chi connectivity index (χ1n) is 8.97. The van der Waals surface area contributed by atoms with E-state index in [0.29, 0.717) is 6.42 Å². The molecule has 4 nitrogen and oxygen atoms in total. The van der Waals surface area contributed by atoms with Crippen LogP contribution in [0.25, 0.3) is 0 Å². The van der Waals surface area contributed by atoms with Crippen molar-refractivity contribution in [2.45, 2.75) is 38.5 Å². The maximum atomic E-state index is 12.7. The molecule has 1 aromatic carbocycles. The molecule has 1 aliphatic carbocycles. The zero-order valence-corrected chi connectivity index (χ0v) is 15.0. The molecule has 1 fully saturated rings. The molecule has 1 N–H and O–H groups in total. The van der Waals surface area contributed by atoms with Gasteiger partial charge in [0.2, 0.25) is 11.8 Å². The van der Waals surface area contributed by atoms with Crippen molar-refractivity contribution < 1.29 is 9.59 Å². The van der Waals surface area contributed by atoms with Crippen molar-refractivity contribution >= 4 is 34.5 Å². The van der Waals surface area contributed by atoms with Crippen LogP contribution in [0.15, 0.2) is 35.7 Å². The van der Waals surface area contributed by atoms with Gasteiger partial charge < -0.3 is 10.2 Å². The molecule has 0 spiro atoms. The molecule has 4 rings (SSSR count). The average Bonchev–Trinajstić information content (AvgIpc) is 3.35. The normalized spacial score (nSPS) is 16.9. The van der Waals surface area contributed by atoms with Crippen molar-refractivity contribution in [2.75, 3.05) is 16.8 Å². The number of amides is 2. The number of nitrogens with zero attached hydrogens (tertiary/aromatic N) is 1. The highest BCUT2D eigenvalue weighted by Crippen LogP contribution is 2.34. The Labute approximate surface area is 151 Å². The summed E-state index contributed by atoms with van der Waals surface area (Å²) in [5.41, 5.74) is 2.99. The lowest BCUT2D eigenvalue weighted by Crippen LogP contribution is -2.33. The number of carbonyl (C=O) groups is 2. The molecule has 2 aliphatic rings. The molecule has 2 amide bonds. The number of rotatable bonds is 4. The Morgan fingerprint density at radius 1 is 1.20 bits per heavy atom. The van der Waals surface area contributed by atoms with E-state index >= 15 is 0 Å². The van der Waals surface area contributed by atoms with Gasteiger partial charge >= 0.3 is 0 Å². The van der Waals surface area contributed by atoms with Crippen LogP contribution in [-0.4, -0.2) is 18.4 Å². The molecule has 5 heteroatoms. The lowest BCUT2D eigenvalue weighted by atomic mass is 10.1. The second kappa shape index (κ2) is 7.00. The van der Waals surface area contributed by atoms with Gasteiger partial charge in [-0.05, 0) is 54.5 Å². The van der Waals surface area contributed by atoms with E-state index < -0.39 is 0 Å². The number of hydrogen-bond acceptors (Lipinski definition) is 3. The molecule has 25 heavy (non-hydrogen) atoms. The highest BCUT2D eigenvalue weighted by Gasteiger charge is 2.31. The predicted octanol–water partition coefficient (Wildman–Crippen LogP) is 4.01. The highest BCUT2D eigenvalue weighted by atomic mass is 32.1. The molecule has 1 aliphatic heterocycles. The minimum Gasteiger partial charge on any atom is -0.326 e. The third-order valence-corrected chi connectivity index (χ3v) is 6.02. The Kier molecular flexibility index (Phi) is 4.57. The van der Waals surface area contributed by atoms with Crippen molar-refractivity contribution in [2.24, 2.45) is 5.92 Å². The summed E-state index contributed by atoms with van der Waals surface area (Å²) in [5, 5.41) is 4.95. The number of benzene rings is 1. The van der Waals surface area contributed by atoms with Crippen LogP contribution in [0.1, 0.15) is 36.1 Å². The molecule has 1 aromatic heterocycles. The molecular formula is C20H22N2O2S. The largest absolute Gasteiger partial charge is 0.326 e. The first-order valence-corrected chi connectivity index (χ1v) is 9.85. The summed E-state index contributed by atoms with van der Waals surface area (Å²) in [7, 11) is 0. The molecule has 0 bridgehead atoms. The number of anilines is 2. The van der Waals surface area contributed by atoms with Crippen LogP contribution in [0, 0.1) is 5.92 Å². The maximum Gasteiger partial charge on any atom is 0.230 e. The number of hydrogen-bond donors (Lipinski definition) is 1. The van der Waals surface area contributed by atoms with E-state index in [4.69, 9.17) is 0 Å². The minimum absolute atomic E-state index is 0.000662. The molecule has 2 aromatic rings. The van der Waals surface area contributed by atoms with Crippen molar-refractivity contribution in [1.82, 2.24) is 0 Å². The summed E-state index contributed by atoms with van der Waals surface area (Å²) in [4.78, 5) is 27.9. The third kappa shape index (κ3) is 3.47. The standard InChI is InChI=1S/C20H22N2O2S/c23-19(13-17-6-3-11-25-17)21-16-7-8-18-15(12-16)9-10-22(18)20(24)14-4-1-2-5-14/h3,6-8,11-12,14H,1-2,4-5,9-10,13H2,(H,21,23). The quantitative estimate of drug-likeness (QED) is 0.902. The summed E-state index contributed by atoms with van der Waals surface area (Å²) in [6.45, 7) is 0.761. The predicted molar refractivity (Wildman–Crippen MR) is 101 cm³/mol. The van der Waals surface area contributed by atoms with E-state index in [0.717, 1.165) is 47.6 Å². The fourth-order valence-electron chi connectivity index (χ4n) is 3.88. The van der Waals surface area contributed by atoms with Gasteiger partial charge in [-0.1, -0.05) is 18.9 Å². The summed E-state index contributed by atoms with van der Waals surface area (Å²) < 4.78 is 0. The Morgan fingerprint density at radius 3 is 2.80 bits per heavy atom.